The van der Waals surface area contributed by atoms with Crippen molar-refractivity contribution in [2.24, 2.45) is 11.8 Å². The van der Waals surface area contributed by atoms with E-state index in [0.29, 0.717) is 81.5 Å². The van der Waals surface area contributed by atoms with Crippen LogP contribution in [0.1, 0.15) is 103 Å². The van der Waals surface area contributed by atoms with Gasteiger partial charge in [-0.2, -0.15) is 0 Å². The first-order valence-corrected chi connectivity index (χ1v) is 33.0. The molecule has 11 rings (SSSR count). The number of aliphatic carboxylic acids is 1. The number of quaternary nitrogens is 1. The van der Waals surface area contributed by atoms with Gasteiger partial charge in [-0.15, -0.1) is 0 Å². The summed E-state index contributed by atoms with van der Waals surface area (Å²) in [6, 6.07) is 57.1. The van der Waals surface area contributed by atoms with Crippen molar-refractivity contribution in [2.45, 2.75) is 78.2 Å². The second-order valence-corrected chi connectivity index (χ2v) is 23.8. The summed E-state index contributed by atoms with van der Waals surface area (Å²) in [5.74, 6) is -5.87. The molecule has 0 saturated carbocycles. The number of morpholine rings is 2. The van der Waals surface area contributed by atoms with Gasteiger partial charge in [-0.3, -0.25) is 28.8 Å². The number of ketones is 2. The standard InChI is InChI=1S/C33H34FN3O3.C26H24FNO3.C8H8O2.C7H14N2O2.C4H8O.H2O/c1-23(2)31-30(33(39)35-27-11-7-4-8-12-27)29(24-9-5-3-6-10-24)32(25-13-15-26(34)16-14-25)37(31)18-17-28(38)36-19-21-40-22-20-36;1-17(2)24(29)23(26(31)28-21-11-7-4-8-12-21)22(18-9-5-3-6-10-18)25(30)19-13-15-20(27)16-14-19;9-8(10)6-7-4-2-1-3-5-7;8-2-1-7(10)9-3-5-11-6-4-9;1-2-4-5-3-1;/h3-16,23H,17-22H2,1-2H3,(H,35,39);3-17,22-23H,1-2H3,(H,28,31);1-5H,6H2,(H,9,10);1-6,8H2;1-4H2;1H2/p-1. The molecule has 0 bridgehead atoms. The lowest BCUT2D eigenvalue weighted by atomic mass is 9.75. The second kappa shape index (κ2) is 40.7. The van der Waals surface area contributed by atoms with Gasteiger partial charge in [-0.25, -0.2) is 8.78 Å². The molecule has 0 radical (unpaired) electrons. The third-order valence-electron chi connectivity index (χ3n) is 16.1. The lowest BCUT2D eigenvalue weighted by molar-refractivity contribution is -0.366. The topological polar surface area (TPSA) is 263 Å². The van der Waals surface area contributed by atoms with Crippen LogP contribution in [0.25, 0.3) is 22.4 Å². The molecule has 4 heterocycles. The molecular weight excluding hydrogens is 1250 g/mol. The van der Waals surface area contributed by atoms with E-state index in [0.717, 1.165) is 59.9 Å². The third-order valence-corrected chi connectivity index (χ3v) is 16.1. The normalized spacial score (nSPS) is 13.8. The van der Waals surface area contributed by atoms with Crippen molar-refractivity contribution in [1.29, 1.82) is 0 Å². The number of carbonyl (C=O) groups is 7. The van der Waals surface area contributed by atoms with E-state index in [-0.39, 0.29) is 59.1 Å². The number of benzene rings is 7. The number of rotatable bonds is 20. The first kappa shape index (κ1) is 77.2. The number of carboxylic acids is 1. The van der Waals surface area contributed by atoms with E-state index in [4.69, 9.17) is 14.2 Å². The minimum atomic E-state index is -1.24. The molecule has 2 atom stereocenters. The molecule has 6 N–H and O–H groups in total. The molecule has 1 aromatic heterocycles. The third kappa shape index (κ3) is 23.5. The van der Waals surface area contributed by atoms with Gasteiger partial charge in [-0.05, 0) is 114 Å². The number of carboxylic acid groups (broad SMARTS) is 1. The van der Waals surface area contributed by atoms with Gasteiger partial charge in [-0.1, -0.05) is 155 Å². The number of nitrogens with zero attached hydrogens (tertiary/aromatic N) is 3. The Hall–Kier alpha value is -9.83. The number of halogens is 2. The molecule has 3 saturated heterocycles. The molecule has 98 heavy (non-hydrogen) atoms. The predicted octanol–water partition coefficient (Wildman–Crippen LogP) is 10.9. The SMILES string of the molecule is C1CCOC1.CC(C)C(=O)C(C(=O)Nc1ccccc1)C(C(=O)c1ccc(F)cc1)c1ccccc1.CC(C)c1c(C(=O)Nc2ccccc2)c(-c2ccccc2)c(-c2ccc(F)cc2)n1CCC(=O)N1CCOCC1.O=C([O-])Cc1ccccc1.[NH3+]CCC(=O)N1CCOCC1.[OH-]. The summed E-state index contributed by atoms with van der Waals surface area (Å²) < 4.78 is 45.0. The Bertz CT molecular complexity index is 3750. The number of ether oxygens (including phenoxy) is 3. The van der Waals surface area contributed by atoms with Crippen LogP contribution < -0.4 is 21.5 Å². The molecular formula is C78H89F2N6O12-. The zero-order valence-corrected chi connectivity index (χ0v) is 56.1. The highest BCUT2D eigenvalue weighted by Gasteiger charge is 2.41. The van der Waals surface area contributed by atoms with Gasteiger partial charge in [0.2, 0.25) is 17.7 Å². The highest BCUT2D eigenvalue weighted by atomic mass is 19.1. The number of aromatic nitrogens is 1. The number of para-hydroxylation sites is 2. The molecule has 0 aliphatic carbocycles. The van der Waals surface area contributed by atoms with E-state index in [9.17, 15) is 47.4 Å². The largest absolute Gasteiger partial charge is 0.870 e. The van der Waals surface area contributed by atoms with Crippen molar-refractivity contribution >= 4 is 52.5 Å². The fourth-order valence-electron chi connectivity index (χ4n) is 11.3. The molecule has 0 spiro atoms. The smallest absolute Gasteiger partial charge is 0.258 e. The lowest BCUT2D eigenvalue weighted by Crippen LogP contribution is -2.53. The minimum absolute atomic E-state index is 0. The number of carbonyl (C=O) groups excluding carboxylic acids is 7. The average molecular weight is 1340 g/mol. The van der Waals surface area contributed by atoms with Crippen molar-refractivity contribution < 1.29 is 72.9 Å². The van der Waals surface area contributed by atoms with Gasteiger partial charge in [0.1, 0.15) is 23.3 Å². The number of amides is 4. The number of hydrogen-bond acceptors (Lipinski definition) is 12. The van der Waals surface area contributed by atoms with E-state index in [1.807, 2.05) is 82.6 Å². The number of nitrogens with one attached hydrogen (secondary N) is 2. The fraction of sp³-hybridized carbons (Fsp3) is 0.321. The van der Waals surface area contributed by atoms with Gasteiger partial charge in [0.25, 0.3) is 5.91 Å². The molecule has 18 nitrogen and oxygen atoms in total. The summed E-state index contributed by atoms with van der Waals surface area (Å²) in [6.45, 7) is 15.7. The molecule has 2 unspecified atom stereocenters. The molecule has 3 aliphatic rings. The molecule has 7 aromatic carbocycles. The van der Waals surface area contributed by atoms with Crippen LogP contribution in [0.3, 0.4) is 0 Å². The monoisotopic (exact) mass is 1340 g/mol. The highest BCUT2D eigenvalue weighted by Crippen LogP contribution is 2.43. The summed E-state index contributed by atoms with van der Waals surface area (Å²) in [5, 5.41) is 15.9. The molecule has 3 fully saturated rings. The van der Waals surface area contributed by atoms with Crippen LogP contribution in [0, 0.1) is 23.5 Å². The van der Waals surface area contributed by atoms with Crippen LogP contribution in [0.5, 0.6) is 0 Å². The van der Waals surface area contributed by atoms with E-state index in [1.165, 1.54) is 49.2 Å². The molecule has 518 valence electrons. The van der Waals surface area contributed by atoms with Crippen LogP contribution in [-0.2, 0) is 51.1 Å². The molecule has 8 aromatic rings. The number of Topliss-reactive ketones (excluding diaryl/α,β-unsaturated/α-hetero) is 2. The zero-order valence-electron chi connectivity index (χ0n) is 56.1. The van der Waals surface area contributed by atoms with Crippen LogP contribution >= 0.6 is 0 Å². The summed E-state index contributed by atoms with van der Waals surface area (Å²) in [7, 11) is 0. The van der Waals surface area contributed by atoms with Gasteiger partial charge >= 0.3 is 0 Å². The van der Waals surface area contributed by atoms with Crippen molar-refractivity contribution in [3.05, 3.63) is 240 Å². The Kier molecular flexibility index (Phi) is 32.0. The maximum Gasteiger partial charge on any atom is 0.258 e. The first-order chi connectivity index (χ1) is 46.9. The van der Waals surface area contributed by atoms with Gasteiger partial charge in [0.15, 0.2) is 5.78 Å². The second-order valence-electron chi connectivity index (χ2n) is 23.8. The Labute approximate surface area is 572 Å². The summed E-state index contributed by atoms with van der Waals surface area (Å²) in [5.41, 5.74) is 11.1. The van der Waals surface area contributed by atoms with Crippen molar-refractivity contribution in [2.75, 3.05) is 83.0 Å². The molecule has 20 heteroatoms. The maximum absolute atomic E-state index is 14.1. The molecule has 4 amide bonds. The van der Waals surface area contributed by atoms with E-state index < -0.39 is 41.2 Å². The Morgan fingerprint density at radius 1 is 0.541 bits per heavy atom. The van der Waals surface area contributed by atoms with Crippen LogP contribution in [-0.4, -0.2) is 133 Å². The minimum Gasteiger partial charge on any atom is -0.870 e. The van der Waals surface area contributed by atoms with Crippen molar-refractivity contribution in [3.63, 3.8) is 0 Å². The Balaban J connectivity index is 0.000000227. The zero-order chi connectivity index (χ0) is 69.5. The number of anilines is 2. The summed E-state index contributed by atoms with van der Waals surface area (Å²) in [4.78, 5) is 92.3. The van der Waals surface area contributed by atoms with E-state index in [1.54, 1.807) is 105 Å². The quantitative estimate of drug-likeness (QED) is 0.0475. The molecule has 3 aliphatic heterocycles. The predicted molar refractivity (Wildman–Crippen MR) is 371 cm³/mol. The Morgan fingerprint density at radius 2 is 0.990 bits per heavy atom. The van der Waals surface area contributed by atoms with E-state index in [2.05, 4.69) is 34.8 Å². The van der Waals surface area contributed by atoms with Gasteiger partial charge in [0, 0.05) is 98.9 Å². The highest BCUT2D eigenvalue weighted by molar-refractivity contribution is 6.15. The van der Waals surface area contributed by atoms with Gasteiger partial charge in [0.05, 0.1) is 56.6 Å². The maximum atomic E-state index is 14.1. The first-order valence-electron chi connectivity index (χ1n) is 33.0. The van der Waals surface area contributed by atoms with E-state index >= 15 is 0 Å². The average Bonchev–Trinajstić information content (AvgIpc) is 1.58. The fourth-order valence-corrected chi connectivity index (χ4v) is 11.3. The van der Waals surface area contributed by atoms with Crippen LogP contribution in [0.2, 0.25) is 0 Å². The van der Waals surface area contributed by atoms with Gasteiger partial charge < -0.3 is 60.3 Å². The summed E-state index contributed by atoms with van der Waals surface area (Å²) in [6.07, 6.45) is 3.40. The van der Waals surface area contributed by atoms with Crippen LogP contribution in [0.15, 0.2) is 200 Å². The van der Waals surface area contributed by atoms with Crippen LogP contribution in [0.4, 0.5) is 20.2 Å². The number of hydrogen-bond donors (Lipinski definition) is 3. The van der Waals surface area contributed by atoms with Crippen molar-refractivity contribution in [3.8, 4) is 22.4 Å². The Morgan fingerprint density at radius 3 is 1.45 bits per heavy atom. The van der Waals surface area contributed by atoms with Crippen molar-refractivity contribution in [1.82, 2.24) is 14.4 Å². The summed E-state index contributed by atoms with van der Waals surface area (Å²) >= 11 is 0. The lowest BCUT2D eigenvalue weighted by Gasteiger charge is -2.27.